The molecule has 8 heteroatoms. The first kappa shape index (κ1) is 15.9. The Labute approximate surface area is 128 Å². The summed E-state index contributed by atoms with van der Waals surface area (Å²) in [4.78, 5) is 14.0. The van der Waals surface area contributed by atoms with E-state index in [0.717, 1.165) is 50.8 Å². The first-order valence-electron chi connectivity index (χ1n) is 6.93. The number of methoxy groups -OCH3 is 1. The van der Waals surface area contributed by atoms with Crippen LogP contribution in [0.5, 0.6) is 5.75 Å². The largest absolute Gasteiger partial charge is 0.492 e. The van der Waals surface area contributed by atoms with Crippen LogP contribution in [-0.2, 0) is 4.74 Å². The number of thiophene rings is 1. The van der Waals surface area contributed by atoms with Gasteiger partial charge in [0.15, 0.2) is 5.75 Å². The molecule has 0 aromatic carbocycles. The lowest BCUT2D eigenvalue weighted by molar-refractivity contribution is 0.0378. The summed E-state index contributed by atoms with van der Waals surface area (Å²) in [5.74, 6) is -0.0302. The lowest BCUT2D eigenvalue weighted by Gasteiger charge is -2.26. The monoisotopic (exact) mass is 314 g/mol. The van der Waals surface area contributed by atoms with E-state index in [2.05, 4.69) is 10.2 Å². The van der Waals surface area contributed by atoms with Crippen molar-refractivity contribution in [1.82, 2.24) is 4.90 Å². The lowest BCUT2D eigenvalue weighted by atomic mass is 10.3. The maximum atomic E-state index is 11.3. The van der Waals surface area contributed by atoms with Gasteiger partial charge in [-0.15, -0.1) is 11.3 Å². The van der Waals surface area contributed by atoms with Crippen LogP contribution >= 0.6 is 11.3 Å². The Hall–Kier alpha value is -1.51. The number of ether oxygens (including phenoxy) is 2. The lowest BCUT2D eigenvalue weighted by Crippen LogP contribution is -2.37. The van der Waals surface area contributed by atoms with E-state index in [1.165, 1.54) is 18.4 Å². The average Bonchev–Trinajstić information content (AvgIpc) is 2.81. The van der Waals surface area contributed by atoms with Crippen molar-refractivity contribution in [3.8, 4) is 5.75 Å². The summed E-state index contributed by atoms with van der Waals surface area (Å²) >= 11 is 1.24. The number of nitrogen functional groups attached to an aromatic ring is 1. The number of primary amides is 1. The Kier molecular flexibility index (Phi) is 5.66. The molecule has 0 bridgehead atoms. The van der Waals surface area contributed by atoms with Crippen LogP contribution in [0.4, 0.5) is 10.7 Å². The average molecular weight is 314 g/mol. The minimum atomic E-state index is -0.530. The number of hydrogen-bond acceptors (Lipinski definition) is 7. The van der Waals surface area contributed by atoms with E-state index in [4.69, 9.17) is 20.9 Å². The molecular weight excluding hydrogens is 292 g/mol. The smallest absolute Gasteiger partial charge is 0.261 e. The van der Waals surface area contributed by atoms with Crippen molar-refractivity contribution in [3.63, 3.8) is 0 Å². The molecule has 0 spiro atoms. The highest BCUT2D eigenvalue weighted by atomic mass is 32.1. The predicted molar refractivity (Wildman–Crippen MR) is 84.2 cm³/mol. The fraction of sp³-hybridized carbons (Fsp3) is 0.615. The summed E-state index contributed by atoms with van der Waals surface area (Å²) in [5.41, 5.74) is 11.5. The van der Waals surface area contributed by atoms with E-state index in [-0.39, 0.29) is 0 Å². The molecule has 0 unspecified atom stereocenters. The van der Waals surface area contributed by atoms with E-state index in [1.807, 2.05) is 0 Å². The van der Waals surface area contributed by atoms with Crippen LogP contribution in [0.2, 0.25) is 0 Å². The van der Waals surface area contributed by atoms with Gasteiger partial charge in [0.25, 0.3) is 5.91 Å². The minimum absolute atomic E-state index is 0.311. The van der Waals surface area contributed by atoms with Gasteiger partial charge in [0.05, 0.1) is 20.3 Å². The van der Waals surface area contributed by atoms with Crippen molar-refractivity contribution in [2.24, 2.45) is 5.73 Å². The zero-order valence-corrected chi connectivity index (χ0v) is 13.0. The SMILES string of the molecule is COc1c(NCCCN2CCOCC2)sc(C(N)=O)c1N. The zero-order valence-electron chi connectivity index (χ0n) is 12.2. The molecule has 1 aliphatic rings. The second-order valence-electron chi connectivity index (χ2n) is 4.81. The summed E-state index contributed by atoms with van der Waals surface area (Å²) in [6.45, 7) is 5.39. The Balaban J connectivity index is 1.84. The first-order chi connectivity index (χ1) is 10.1. The molecule has 1 fully saturated rings. The summed E-state index contributed by atoms with van der Waals surface area (Å²) in [7, 11) is 1.53. The topological polar surface area (TPSA) is 103 Å². The van der Waals surface area contributed by atoms with Crippen molar-refractivity contribution in [1.29, 1.82) is 0 Å². The molecule has 5 N–H and O–H groups in total. The second-order valence-corrected chi connectivity index (χ2v) is 5.83. The van der Waals surface area contributed by atoms with Gasteiger partial charge < -0.3 is 26.3 Å². The molecule has 1 aliphatic heterocycles. The molecule has 0 saturated carbocycles. The zero-order chi connectivity index (χ0) is 15.2. The van der Waals surface area contributed by atoms with E-state index in [0.29, 0.717) is 16.3 Å². The summed E-state index contributed by atoms with van der Waals surface area (Å²) in [6.07, 6.45) is 0.993. The van der Waals surface area contributed by atoms with Crippen LogP contribution in [-0.4, -0.2) is 57.3 Å². The van der Waals surface area contributed by atoms with Gasteiger partial charge in [-0.05, 0) is 13.0 Å². The number of anilines is 2. The van der Waals surface area contributed by atoms with Crippen molar-refractivity contribution in [2.45, 2.75) is 6.42 Å². The number of nitrogens with two attached hydrogens (primary N) is 2. The third-order valence-electron chi connectivity index (χ3n) is 3.37. The van der Waals surface area contributed by atoms with Gasteiger partial charge in [0.2, 0.25) is 0 Å². The molecule has 1 amide bonds. The molecule has 118 valence electrons. The molecule has 1 aromatic heterocycles. The first-order valence-corrected chi connectivity index (χ1v) is 7.75. The van der Waals surface area contributed by atoms with E-state index < -0.39 is 5.91 Å². The molecule has 1 saturated heterocycles. The Morgan fingerprint density at radius 1 is 1.48 bits per heavy atom. The quantitative estimate of drug-likeness (QED) is 0.636. The number of morpholine rings is 1. The second kappa shape index (κ2) is 7.48. The summed E-state index contributed by atoms with van der Waals surface area (Å²) in [6, 6.07) is 0. The number of rotatable bonds is 7. The van der Waals surface area contributed by atoms with Gasteiger partial charge in [-0.2, -0.15) is 0 Å². The van der Waals surface area contributed by atoms with Crippen LogP contribution in [0, 0.1) is 0 Å². The fourth-order valence-electron chi connectivity index (χ4n) is 2.26. The molecule has 0 atom stereocenters. The van der Waals surface area contributed by atoms with E-state index >= 15 is 0 Å². The van der Waals surface area contributed by atoms with Crippen LogP contribution in [0.25, 0.3) is 0 Å². The third-order valence-corrected chi connectivity index (χ3v) is 4.53. The highest BCUT2D eigenvalue weighted by Gasteiger charge is 2.19. The number of nitrogens with one attached hydrogen (secondary N) is 1. The fourth-order valence-corrected chi connectivity index (χ4v) is 3.23. The van der Waals surface area contributed by atoms with Crippen LogP contribution < -0.4 is 21.5 Å². The molecular formula is C13H22N4O3S. The maximum Gasteiger partial charge on any atom is 0.261 e. The standard InChI is InChI=1S/C13H22N4O3S/c1-19-10-9(14)11(12(15)18)21-13(10)16-3-2-4-17-5-7-20-8-6-17/h16H,2-8,14H2,1H3,(H2,15,18). The highest BCUT2D eigenvalue weighted by molar-refractivity contribution is 7.19. The Bertz CT molecular complexity index is 486. The van der Waals surface area contributed by atoms with Gasteiger partial charge in [0.1, 0.15) is 15.6 Å². The number of amides is 1. The summed E-state index contributed by atoms with van der Waals surface area (Å²) < 4.78 is 10.6. The van der Waals surface area contributed by atoms with E-state index in [1.54, 1.807) is 0 Å². The predicted octanol–water partition coefficient (Wildman–Crippen LogP) is 0.572. The number of hydrogen-bond donors (Lipinski definition) is 3. The van der Waals surface area contributed by atoms with Gasteiger partial charge in [0, 0.05) is 19.6 Å². The van der Waals surface area contributed by atoms with Crippen molar-refractivity contribution in [3.05, 3.63) is 4.88 Å². The van der Waals surface area contributed by atoms with Crippen molar-refractivity contribution < 1.29 is 14.3 Å². The van der Waals surface area contributed by atoms with Crippen molar-refractivity contribution >= 4 is 27.9 Å². The molecule has 0 radical (unpaired) electrons. The van der Waals surface area contributed by atoms with Crippen LogP contribution in [0.3, 0.4) is 0 Å². The third kappa shape index (κ3) is 3.99. The molecule has 21 heavy (non-hydrogen) atoms. The molecule has 1 aromatic rings. The minimum Gasteiger partial charge on any atom is -0.492 e. The molecule has 7 nitrogen and oxygen atoms in total. The molecule has 0 aliphatic carbocycles. The molecule has 2 heterocycles. The van der Waals surface area contributed by atoms with Gasteiger partial charge in [-0.25, -0.2) is 0 Å². The highest BCUT2D eigenvalue weighted by Crippen LogP contribution is 2.42. The van der Waals surface area contributed by atoms with Gasteiger partial charge >= 0.3 is 0 Å². The number of carbonyl (C=O) groups excluding carboxylic acids is 1. The van der Waals surface area contributed by atoms with Gasteiger partial charge in [-0.1, -0.05) is 0 Å². The van der Waals surface area contributed by atoms with Crippen molar-refractivity contribution in [2.75, 3.05) is 57.6 Å². The number of carbonyl (C=O) groups is 1. The Morgan fingerprint density at radius 3 is 2.81 bits per heavy atom. The normalized spacial score (nSPS) is 15.9. The number of nitrogens with zero attached hydrogens (tertiary/aromatic N) is 1. The van der Waals surface area contributed by atoms with Crippen LogP contribution in [0.1, 0.15) is 16.1 Å². The van der Waals surface area contributed by atoms with Crippen LogP contribution in [0.15, 0.2) is 0 Å². The summed E-state index contributed by atoms with van der Waals surface area (Å²) in [5, 5.41) is 4.02. The Morgan fingerprint density at radius 2 is 2.19 bits per heavy atom. The van der Waals surface area contributed by atoms with E-state index in [9.17, 15) is 4.79 Å². The molecule has 2 rings (SSSR count). The van der Waals surface area contributed by atoms with Gasteiger partial charge in [-0.3, -0.25) is 9.69 Å². The maximum absolute atomic E-state index is 11.3.